The zero-order chi connectivity index (χ0) is 18.5. The lowest BCUT2D eigenvalue weighted by Gasteiger charge is -2.38. The molecule has 3 aromatic rings. The van der Waals surface area contributed by atoms with Gasteiger partial charge in [0.05, 0.1) is 27.2 Å². The van der Waals surface area contributed by atoms with Crippen LogP contribution in [0.5, 0.6) is 0 Å². The van der Waals surface area contributed by atoms with Crippen LogP contribution < -0.4 is 5.32 Å². The number of fused-ring (bicyclic) bond motifs is 4. The Hall–Kier alpha value is -2.85. The van der Waals surface area contributed by atoms with Gasteiger partial charge in [-0.3, -0.25) is 10.1 Å². The van der Waals surface area contributed by atoms with Gasteiger partial charge in [-0.25, -0.2) is 0 Å². The van der Waals surface area contributed by atoms with E-state index in [0.29, 0.717) is 16.3 Å². The SMILES string of the molecule is O=[N+]([O-])c1ccc(Cl)c2c1[C@@H]1C=CC[C@H]1[C@@H](c1cccc3ccccc13)N2. The summed E-state index contributed by atoms with van der Waals surface area (Å²) in [5, 5.41) is 18.1. The van der Waals surface area contributed by atoms with Crippen LogP contribution in [0.3, 0.4) is 0 Å². The summed E-state index contributed by atoms with van der Waals surface area (Å²) in [4.78, 5) is 11.3. The van der Waals surface area contributed by atoms with Crippen molar-refractivity contribution in [3.63, 3.8) is 0 Å². The predicted octanol–water partition coefficient (Wildman–Crippen LogP) is 6.23. The molecule has 0 saturated heterocycles. The van der Waals surface area contributed by atoms with Gasteiger partial charge in [0.2, 0.25) is 0 Å². The largest absolute Gasteiger partial charge is 0.376 e. The van der Waals surface area contributed by atoms with Gasteiger partial charge in [0.1, 0.15) is 0 Å². The van der Waals surface area contributed by atoms with E-state index in [2.05, 4.69) is 47.8 Å². The Balaban J connectivity index is 1.72. The van der Waals surface area contributed by atoms with Gasteiger partial charge >= 0.3 is 0 Å². The molecule has 3 atom stereocenters. The Labute approximate surface area is 161 Å². The van der Waals surface area contributed by atoms with Crippen LogP contribution in [0.25, 0.3) is 10.8 Å². The molecule has 134 valence electrons. The molecule has 1 aliphatic heterocycles. The molecular formula is C22H17ClN2O2. The van der Waals surface area contributed by atoms with E-state index >= 15 is 0 Å². The smallest absolute Gasteiger partial charge is 0.275 e. The van der Waals surface area contributed by atoms with Crippen LogP contribution in [0, 0.1) is 16.0 Å². The average Bonchev–Trinajstić information content (AvgIpc) is 3.17. The summed E-state index contributed by atoms with van der Waals surface area (Å²) in [7, 11) is 0. The lowest BCUT2D eigenvalue weighted by atomic mass is 9.75. The summed E-state index contributed by atoms with van der Waals surface area (Å²) in [6.07, 6.45) is 5.12. The minimum Gasteiger partial charge on any atom is -0.376 e. The van der Waals surface area contributed by atoms with Crippen molar-refractivity contribution in [1.29, 1.82) is 0 Å². The van der Waals surface area contributed by atoms with Crippen LogP contribution in [0.15, 0.2) is 66.7 Å². The van der Waals surface area contributed by atoms with Crippen LogP contribution in [0.2, 0.25) is 5.02 Å². The third-order valence-electron chi connectivity index (χ3n) is 5.80. The van der Waals surface area contributed by atoms with Crippen LogP contribution >= 0.6 is 11.6 Å². The molecule has 0 unspecified atom stereocenters. The fourth-order valence-electron chi connectivity index (χ4n) is 4.64. The number of nitro groups is 1. The number of allylic oxidation sites excluding steroid dienone is 2. The van der Waals surface area contributed by atoms with Crippen molar-refractivity contribution in [1.82, 2.24) is 0 Å². The number of anilines is 1. The van der Waals surface area contributed by atoms with E-state index in [-0.39, 0.29) is 28.5 Å². The van der Waals surface area contributed by atoms with Gasteiger partial charge in [-0.15, -0.1) is 0 Å². The molecule has 27 heavy (non-hydrogen) atoms. The molecule has 5 heteroatoms. The van der Waals surface area contributed by atoms with Crippen molar-refractivity contribution in [2.45, 2.75) is 18.4 Å². The van der Waals surface area contributed by atoms with Crippen LogP contribution in [-0.4, -0.2) is 4.92 Å². The lowest BCUT2D eigenvalue weighted by molar-refractivity contribution is -0.385. The van der Waals surface area contributed by atoms with Gasteiger partial charge in [-0.05, 0) is 34.7 Å². The molecule has 1 aliphatic carbocycles. The molecule has 0 radical (unpaired) electrons. The maximum absolute atomic E-state index is 11.6. The number of nitrogens with one attached hydrogen (secondary N) is 1. The first-order valence-corrected chi connectivity index (χ1v) is 9.40. The molecule has 2 aliphatic rings. The highest BCUT2D eigenvalue weighted by Crippen LogP contribution is 2.54. The number of nitro benzene ring substituents is 1. The van der Waals surface area contributed by atoms with Crippen molar-refractivity contribution in [3.8, 4) is 0 Å². The van der Waals surface area contributed by atoms with Crippen LogP contribution in [0.4, 0.5) is 11.4 Å². The van der Waals surface area contributed by atoms with E-state index in [0.717, 1.165) is 6.42 Å². The number of nitrogens with zero attached hydrogens (tertiary/aromatic N) is 1. The van der Waals surface area contributed by atoms with Crippen molar-refractivity contribution in [2.75, 3.05) is 5.32 Å². The molecule has 5 rings (SSSR count). The number of halogens is 1. The highest BCUT2D eigenvalue weighted by atomic mass is 35.5. The van der Waals surface area contributed by atoms with Crippen molar-refractivity contribution in [2.24, 2.45) is 5.92 Å². The maximum Gasteiger partial charge on any atom is 0.275 e. The fourth-order valence-corrected chi connectivity index (χ4v) is 4.86. The number of hydrogen-bond donors (Lipinski definition) is 1. The first kappa shape index (κ1) is 16.3. The van der Waals surface area contributed by atoms with E-state index in [1.165, 1.54) is 22.4 Å². The van der Waals surface area contributed by atoms with E-state index in [4.69, 9.17) is 11.6 Å². The molecule has 1 N–H and O–H groups in total. The van der Waals surface area contributed by atoms with Gasteiger partial charge < -0.3 is 5.32 Å². The summed E-state index contributed by atoms with van der Waals surface area (Å²) in [6.45, 7) is 0. The summed E-state index contributed by atoms with van der Waals surface area (Å²) >= 11 is 6.47. The Morgan fingerprint density at radius 2 is 1.89 bits per heavy atom. The second-order valence-corrected chi connectivity index (χ2v) is 7.56. The lowest BCUT2D eigenvalue weighted by Crippen LogP contribution is -2.30. The van der Waals surface area contributed by atoms with E-state index in [1.807, 2.05) is 12.1 Å². The minimum atomic E-state index is -0.307. The number of hydrogen-bond acceptors (Lipinski definition) is 3. The Kier molecular flexibility index (Phi) is 3.69. The molecule has 0 saturated carbocycles. The molecule has 1 heterocycles. The van der Waals surface area contributed by atoms with Gasteiger partial charge in [-0.2, -0.15) is 0 Å². The number of rotatable bonds is 2. The summed E-state index contributed by atoms with van der Waals surface area (Å²) in [5.41, 5.74) is 2.75. The predicted molar refractivity (Wildman–Crippen MR) is 108 cm³/mol. The normalized spacial score (nSPS) is 22.9. The molecule has 0 spiro atoms. The molecule has 4 nitrogen and oxygen atoms in total. The zero-order valence-corrected chi connectivity index (χ0v) is 15.2. The summed E-state index contributed by atoms with van der Waals surface area (Å²) < 4.78 is 0. The summed E-state index contributed by atoms with van der Waals surface area (Å²) in [5.74, 6) is 0.213. The van der Waals surface area contributed by atoms with Crippen molar-refractivity contribution in [3.05, 3.63) is 93.0 Å². The van der Waals surface area contributed by atoms with E-state index in [9.17, 15) is 10.1 Å². The number of benzene rings is 3. The fraction of sp³-hybridized carbons (Fsp3) is 0.182. The van der Waals surface area contributed by atoms with Gasteiger partial charge in [-0.1, -0.05) is 66.2 Å². The third kappa shape index (κ3) is 2.44. The Morgan fingerprint density at radius 1 is 1.07 bits per heavy atom. The Morgan fingerprint density at radius 3 is 2.74 bits per heavy atom. The first-order chi connectivity index (χ1) is 13.1. The van der Waals surface area contributed by atoms with Gasteiger partial charge in [0, 0.05) is 12.0 Å². The molecule has 0 amide bonds. The monoisotopic (exact) mass is 376 g/mol. The van der Waals surface area contributed by atoms with Crippen LogP contribution in [0.1, 0.15) is 29.5 Å². The third-order valence-corrected chi connectivity index (χ3v) is 6.12. The summed E-state index contributed by atoms with van der Waals surface area (Å²) in [6, 6.07) is 17.8. The molecule has 0 aromatic heterocycles. The zero-order valence-electron chi connectivity index (χ0n) is 14.4. The molecule has 0 bridgehead atoms. The second kappa shape index (κ2) is 6.10. The van der Waals surface area contributed by atoms with Gasteiger partial charge in [0.25, 0.3) is 5.69 Å². The second-order valence-electron chi connectivity index (χ2n) is 7.16. The quantitative estimate of drug-likeness (QED) is 0.327. The minimum absolute atomic E-state index is 0.00989. The maximum atomic E-state index is 11.6. The molecule has 3 aromatic carbocycles. The topological polar surface area (TPSA) is 55.2 Å². The van der Waals surface area contributed by atoms with Crippen molar-refractivity contribution < 1.29 is 4.92 Å². The van der Waals surface area contributed by atoms with Crippen molar-refractivity contribution >= 4 is 33.7 Å². The van der Waals surface area contributed by atoms with E-state index in [1.54, 1.807) is 6.07 Å². The first-order valence-electron chi connectivity index (χ1n) is 9.03. The highest BCUT2D eigenvalue weighted by molar-refractivity contribution is 6.33. The van der Waals surface area contributed by atoms with Gasteiger partial charge in [0.15, 0.2) is 0 Å². The molecule has 0 fully saturated rings. The standard InChI is InChI=1S/C22H17ClN2O2/c23-18-11-12-19(25(26)27)20-15-8-4-10-17(15)21(24-22(18)20)16-9-3-6-13-5-1-2-7-14(13)16/h1-9,11-12,15,17,21,24H,10H2/t15-,17-,21-/m1/s1. The average molecular weight is 377 g/mol. The Bertz CT molecular complexity index is 1100. The molecular weight excluding hydrogens is 360 g/mol. The van der Waals surface area contributed by atoms with Crippen LogP contribution in [-0.2, 0) is 0 Å². The van der Waals surface area contributed by atoms with E-state index < -0.39 is 0 Å². The highest BCUT2D eigenvalue weighted by Gasteiger charge is 2.42.